The third kappa shape index (κ3) is 6.00. The van der Waals surface area contributed by atoms with Crippen molar-refractivity contribution in [3.63, 3.8) is 0 Å². The molecule has 0 amide bonds. The minimum Gasteiger partial charge on any atom is -0.482 e. The van der Waals surface area contributed by atoms with Crippen LogP contribution in [0.2, 0.25) is 0 Å². The summed E-state index contributed by atoms with van der Waals surface area (Å²) in [6, 6.07) is 10.3. The quantitative estimate of drug-likeness (QED) is 0.283. The Bertz CT molecular complexity index is 970. The molecule has 9 heteroatoms. The molecule has 0 radical (unpaired) electrons. The van der Waals surface area contributed by atoms with Crippen molar-refractivity contribution in [2.75, 3.05) is 0 Å². The van der Waals surface area contributed by atoms with Crippen molar-refractivity contribution in [2.24, 2.45) is 5.41 Å². The number of halogens is 1. The van der Waals surface area contributed by atoms with E-state index in [9.17, 15) is 29.2 Å². The topological polar surface area (TPSA) is 116 Å². The lowest BCUT2D eigenvalue weighted by molar-refractivity contribution is -0.388. The molecule has 2 unspecified atom stereocenters. The molecule has 0 aliphatic rings. The second kappa shape index (κ2) is 9.55. The zero-order valence-corrected chi connectivity index (χ0v) is 17.6. The van der Waals surface area contributed by atoms with Crippen LogP contribution in [0.5, 0.6) is 5.75 Å². The average Bonchev–Trinajstić information content (AvgIpc) is 2.65. The van der Waals surface area contributed by atoms with E-state index in [-0.39, 0.29) is 12.2 Å². The van der Waals surface area contributed by atoms with E-state index in [0.717, 1.165) is 6.07 Å². The number of aliphatic carboxylic acids is 1. The van der Waals surface area contributed by atoms with Crippen LogP contribution in [0.4, 0.5) is 10.1 Å². The Morgan fingerprint density at radius 1 is 1.19 bits per heavy atom. The van der Waals surface area contributed by atoms with Crippen LogP contribution in [0.3, 0.4) is 0 Å². The molecule has 166 valence electrons. The van der Waals surface area contributed by atoms with E-state index in [1.165, 1.54) is 0 Å². The van der Waals surface area contributed by atoms with Crippen LogP contribution in [0.1, 0.15) is 44.7 Å². The SMILES string of the molecule is CC(OC(=O)C(C(=O)O)c1cc(F)c([N+](=O)[O-])c(OCc2ccccc2)c1)C(C)(C)C. The smallest absolute Gasteiger partial charge is 0.346 e. The van der Waals surface area contributed by atoms with Crippen molar-refractivity contribution in [1.29, 1.82) is 0 Å². The van der Waals surface area contributed by atoms with E-state index in [1.54, 1.807) is 37.3 Å². The first-order valence-corrected chi connectivity index (χ1v) is 9.49. The highest BCUT2D eigenvalue weighted by Crippen LogP contribution is 2.35. The van der Waals surface area contributed by atoms with Crippen LogP contribution in [-0.2, 0) is 20.9 Å². The number of carbonyl (C=O) groups excluding carboxylic acids is 1. The van der Waals surface area contributed by atoms with E-state index in [4.69, 9.17) is 9.47 Å². The Kier molecular flexibility index (Phi) is 7.32. The predicted octanol–water partition coefficient (Wildman–Crippen LogP) is 4.46. The molecule has 2 aromatic rings. The Morgan fingerprint density at radius 3 is 2.32 bits per heavy atom. The van der Waals surface area contributed by atoms with Gasteiger partial charge in [-0.25, -0.2) is 0 Å². The van der Waals surface area contributed by atoms with Crippen LogP contribution in [-0.4, -0.2) is 28.1 Å². The Hall–Kier alpha value is -3.49. The third-order valence-corrected chi connectivity index (χ3v) is 4.80. The molecule has 2 rings (SSSR count). The molecule has 0 aliphatic carbocycles. The molecule has 0 fully saturated rings. The van der Waals surface area contributed by atoms with E-state index in [1.807, 2.05) is 20.8 Å². The molecule has 0 aliphatic heterocycles. The number of benzene rings is 2. The molecule has 0 saturated carbocycles. The molecule has 0 spiro atoms. The molecule has 0 aromatic heterocycles. The number of nitrogens with zero attached hydrogens (tertiary/aromatic N) is 1. The summed E-state index contributed by atoms with van der Waals surface area (Å²) in [7, 11) is 0. The molecular formula is C22H24FNO7. The van der Waals surface area contributed by atoms with Crippen LogP contribution < -0.4 is 4.74 Å². The molecule has 1 N–H and O–H groups in total. The van der Waals surface area contributed by atoms with E-state index in [2.05, 4.69) is 0 Å². The molecule has 0 saturated heterocycles. The fourth-order valence-electron chi connectivity index (χ4n) is 2.58. The third-order valence-electron chi connectivity index (χ3n) is 4.80. The molecule has 31 heavy (non-hydrogen) atoms. The summed E-state index contributed by atoms with van der Waals surface area (Å²) in [5.41, 5.74) is -1.05. The van der Waals surface area contributed by atoms with Crippen LogP contribution in [0.25, 0.3) is 0 Å². The predicted molar refractivity (Wildman–Crippen MR) is 109 cm³/mol. The van der Waals surface area contributed by atoms with E-state index >= 15 is 0 Å². The van der Waals surface area contributed by atoms with Crippen molar-refractivity contribution in [1.82, 2.24) is 0 Å². The Balaban J connectivity index is 2.43. The number of esters is 1. The maximum Gasteiger partial charge on any atom is 0.346 e. The number of carbonyl (C=O) groups is 2. The lowest BCUT2D eigenvalue weighted by atomic mass is 9.90. The van der Waals surface area contributed by atoms with Gasteiger partial charge in [-0.1, -0.05) is 51.1 Å². The van der Waals surface area contributed by atoms with Crippen LogP contribution >= 0.6 is 0 Å². The largest absolute Gasteiger partial charge is 0.482 e. The van der Waals surface area contributed by atoms with E-state index < -0.39 is 51.6 Å². The molecule has 0 bridgehead atoms. The minimum atomic E-state index is -1.88. The minimum absolute atomic E-state index is 0.117. The van der Waals surface area contributed by atoms with Crippen molar-refractivity contribution >= 4 is 17.6 Å². The molecular weight excluding hydrogens is 409 g/mol. The molecule has 0 heterocycles. The lowest BCUT2D eigenvalue weighted by Gasteiger charge is -2.28. The maximum atomic E-state index is 14.6. The number of hydrogen-bond acceptors (Lipinski definition) is 6. The van der Waals surface area contributed by atoms with Gasteiger partial charge in [0, 0.05) is 0 Å². The standard InChI is InChI=1S/C22H24FNO7/c1-13(22(2,3)4)31-21(27)18(20(25)26)15-10-16(23)19(24(28)29)17(11-15)30-12-14-8-6-5-7-9-14/h5-11,13,18H,12H2,1-4H3,(H,25,26). The fraction of sp³-hybridized carbons (Fsp3) is 0.364. The summed E-state index contributed by atoms with van der Waals surface area (Å²) < 4.78 is 25.2. The number of rotatable bonds is 8. The van der Waals surface area contributed by atoms with Crippen molar-refractivity contribution < 1.29 is 33.5 Å². The van der Waals surface area contributed by atoms with Gasteiger partial charge in [0.25, 0.3) is 0 Å². The zero-order valence-electron chi connectivity index (χ0n) is 17.6. The monoisotopic (exact) mass is 433 g/mol. The highest BCUT2D eigenvalue weighted by molar-refractivity contribution is 6.00. The second-order valence-electron chi connectivity index (χ2n) is 8.10. The Morgan fingerprint density at radius 2 is 1.81 bits per heavy atom. The summed E-state index contributed by atoms with van der Waals surface area (Å²) in [4.78, 5) is 34.7. The summed E-state index contributed by atoms with van der Waals surface area (Å²) in [6.07, 6.45) is -0.626. The summed E-state index contributed by atoms with van der Waals surface area (Å²) in [6.45, 7) is 6.92. The number of nitro benzene ring substituents is 1. The number of carboxylic acids is 1. The normalized spacial score (nSPS) is 13.2. The van der Waals surface area contributed by atoms with Gasteiger partial charge >= 0.3 is 17.6 Å². The van der Waals surface area contributed by atoms with Crippen LogP contribution in [0.15, 0.2) is 42.5 Å². The number of nitro groups is 1. The van der Waals surface area contributed by atoms with Gasteiger partial charge in [-0.05, 0) is 35.6 Å². The van der Waals surface area contributed by atoms with Crippen LogP contribution in [0, 0.1) is 21.3 Å². The molecule has 2 aromatic carbocycles. The van der Waals surface area contributed by atoms with Gasteiger partial charge in [0.05, 0.1) is 4.92 Å². The average molecular weight is 433 g/mol. The summed E-state index contributed by atoms with van der Waals surface area (Å²) in [5, 5.41) is 20.9. The number of ether oxygens (including phenoxy) is 2. The first kappa shape index (κ1) is 23.8. The van der Waals surface area contributed by atoms with Gasteiger partial charge in [0.15, 0.2) is 5.92 Å². The van der Waals surface area contributed by atoms with Gasteiger partial charge < -0.3 is 14.6 Å². The van der Waals surface area contributed by atoms with Gasteiger partial charge in [0.1, 0.15) is 12.7 Å². The molecule has 8 nitrogen and oxygen atoms in total. The Labute approximate surface area is 178 Å². The van der Waals surface area contributed by atoms with Crippen molar-refractivity contribution in [3.05, 3.63) is 69.5 Å². The first-order valence-electron chi connectivity index (χ1n) is 9.49. The van der Waals surface area contributed by atoms with E-state index in [0.29, 0.717) is 11.6 Å². The lowest BCUT2D eigenvalue weighted by Crippen LogP contribution is -2.33. The first-order chi connectivity index (χ1) is 14.4. The fourth-order valence-corrected chi connectivity index (χ4v) is 2.58. The highest BCUT2D eigenvalue weighted by atomic mass is 19.1. The van der Waals surface area contributed by atoms with Gasteiger partial charge in [-0.2, -0.15) is 4.39 Å². The number of carboxylic acid groups (broad SMARTS) is 1. The summed E-state index contributed by atoms with van der Waals surface area (Å²) >= 11 is 0. The maximum absolute atomic E-state index is 14.6. The summed E-state index contributed by atoms with van der Waals surface area (Å²) in [5.74, 6) is -6.34. The second-order valence-corrected chi connectivity index (χ2v) is 8.10. The number of hydrogen-bond donors (Lipinski definition) is 1. The highest BCUT2D eigenvalue weighted by Gasteiger charge is 2.36. The zero-order chi connectivity index (χ0) is 23.3. The van der Waals surface area contributed by atoms with Crippen molar-refractivity contribution in [2.45, 2.75) is 46.3 Å². The van der Waals surface area contributed by atoms with Crippen molar-refractivity contribution in [3.8, 4) is 5.75 Å². The van der Waals surface area contributed by atoms with Gasteiger partial charge in [-0.15, -0.1) is 0 Å². The molecule has 2 atom stereocenters. The van der Waals surface area contributed by atoms with Gasteiger partial charge in [-0.3, -0.25) is 19.7 Å². The van der Waals surface area contributed by atoms with Gasteiger partial charge in [0.2, 0.25) is 11.6 Å².